The van der Waals surface area contributed by atoms with Crippen molar-refractivity contribution in [2.75, 3.05) is 19.6 Å². The predicted molar refractivity (Wildman–Crippen MR) is 42.2 cm³/mol. The summed E-state index contributed by atoms with van der Waals surface area (Å²) in [6.45, 7) is 5.64. The van der Waals surface area contributed by atoms with E-state index < -0.39 is 0 Å². The third kappa shape index (κ3) is 3.04. The van der Waals surface area contributed by atoms with Crippen LogP contribution in [0.2, 0.25) is 0 Å². The molecule has 0 aliphatic carbocycles. The Morgan fingerprint density at radius 1 is 1.44 bits per heavy atom. The lowest BCUT2D eigenvalue weighted by Gasteiger charge is -2.22. The Bertz CT molecular complexity index is 62.1. The number of piperazine rings is 1. The molecule has 1 aliphatic rings. The fourth-order valence-electron chi connectivity index (χ4n) is 1.00. The Balaban J connectivity index is 0.000000640. The van der Waals surface area contributed by atoms with Crippen molar-refractivity contribution in [3.05, 3.63) is 0 Å². The highest BCUT2D eigenvalue weighted by Crippen LogP contribution is 1.90. The molecular weight excluding hydrogens is 136 g/mol. The summed E-state index contributed by atoms with van der Waals surface area (Å²) >= 11 is 0. The SMILES string of the molecule is CC[C@H]1CNCCN1.Cl. The van der Waals surface area contributed by atoms with Gasteiger partial charge in [-0.15, -0.1) is 12.4 Å². The van der Waals surface area contributed by atoms with Gasteiger partial charge in [0.1, 0.15) is 0 Å². The van der Waals surface area contributed by atoms with Crippen LogP contribution in [0, 0.1) is 0 Å². The van der Waals surface area contributed by atoms with E-state index in [4.69, 9.17) is 0 Å². The van der Waals surface area contributed by atoms with E-state index in [9.17, 15) is 0 Å². The van der Waals surface area contributed by atoms with Crippen molar-refractivity contribution in [2.45, 2.75) is 19.4 Å². The highest BCUT2D eigenvalue weighted by Gasteiger charge is 2.07. The molecule has 3 heteroatoms. The molecule has 1 fully saturated rings. The fraction of sp³-hybridized carbons (Fsp3) is 1.00. The highest BCUT2D eigenvalue weighted by atomic mass is 35.5. The molecule has 0 aromatic rings. The predicted octanol–water partition coefficient (Wildman–Crippen LogP) is 0.380. The molecule has 56 valence electrons. The zero-order chi connectivity index (χ0) is 5.82. The van der Waals surface area contributed by atoms with Crippen LogP contribution in [0.5, 0.6) is 0 Å². The topological polar surface area (TPSA) is 24.1 Å². The van der Waals surface area contributed by atoms with Gasteiger partial charge in [0.25, 0.3) is 0 Å². The maximum atomic E-state index is 3.41. The van der Waals surface area contributed by atoms with Crippen LogP contribution >= 0.6 is 12.4 Å². The first-order chi connectivity index (χ1) is 3.93. The highest BCUT2D eigenvalue weighted by molar-refractivity contribution is 5.85. The monoisotopic (exact) mass is 150 g/mol. The van der Waals surface area contributed by atoms with Gasteiger partial charge in [-0.2, -0.15) is 0 Å². The van der Waals surface area contributed by atoms with Gasteiger partial charge in [-0.05, 0) is 6.42 Å². The van der Waals surface area contributed by atoms with E-state index in [1.54, 1.807) is 0 Å². The molecule has 0 aromatic carbocycles. The zero-order valence-corrected chi connectivity index (χ0v) is 6.63. The van der Waals surface area contributed by atoms with Gasteiger partial charge in [0.05, 0.1) is 0 Å². The number of rotatable bonds is 1. The zero-order valence-electron chi connectivity index (χ0n) is 5.81. The summed E-state index contributed by atoms with van der Waals surface area (Å²) in [7, 11) is 0. The van der Waals surface area contributed by atoms with Crippen molar-refractivity contribution < 1.29 is 0 Å². The molecule has 1 aliphatic heterocycles. The van der Waals surface area contributed by atoms with E-state index in [0.29, 0.717) is 0 Å². The lowest BCUT2D eigenvalue weighted by molar-refractivity contribution is 0.410. The Hall–Kier alpha value is 0.210. The summed E-state index contributed by atoms with van der Waals surface area (Å²) in [5, 5.41) is 6.73. The van der Waals surface area contributed by atoms with Gasteiger partial charge < -0.3 is 10.6 Å². The molecule has 1 saturated heterocycles. The largest absolute Gasteiger partial charge is 0.314 e. The average molecular weight is 151 g/mol. The Labute approximate surface area is 62.8 Å². The molecule has 0 unspecified atom stereocenters. The molecule has 2 N–H and O–H groups in total. The van der Waals surface area contributed by atoms with E-state index in [2.05, 4.69) is 17.6 Å². The summed E-state index contributed by atoms with van der Waals surface area (Å²) in [5.74, 6) is 0. The molecule has 0 aromatic heterocycles. The molecule has 0 radical (unpaired) electrons. The lowest BCUT2D eigenvalue weighted by atomic mass is 10.2. The van der Waals surface area contributed by atoms with Crippen LogP contribution in [0.4, 0.5) is 0 Å². The Morgan fingerprint density at radius 2 is 2.22 bits per heavy atom. The molecule has 0 spiro atoms. The van der Waals surface area contributed by atoms with Crippen molar-refractivity contribution in [3.8, 4) is 0 Å². The van der Waals surface area contributed by atoms with Gasteiger partial charge in [0, 0.05) is 25.7 Å². The second kappa shape index (κ2) is 5.03. The van der Waals surface area contributed by atoms with Gasteiger partial charge in [0.15, 0.2) is 0 Å². The van der Waals surface area contributed by atoms with Crippen LogP contribution in [0.3, 0.4) is 0 Å². The quantitative estimate of drug-likeness (QED) is 0.565. The van der Waals surface area contributed by atoms with E-state index >= 15 is 0 Å². The van der Waals surface area contributed by atoms with Gasteiger partial charge in [-0.3, -0.25) is 0 Å². The van der Waals surface area contributed by atoms with Crippen LogP contribution in [-0.2, 0) is 0 Å². The molecule has 1 rings (SSSR count). The van der Waals surface area contributed by atoms with Gasteiger partial charge in [0.2, 0.25) is 0 Å². The van der Waals surface area contributed by atoms with E-state index in [-0.39, 0.29) is 12.4 Å². The Morgan fingerprint density at radius 3 is 2.56 bits per heavy atom. The van der Waals surface area contributed by atoms with Crippen molar-refractivity contribution >= 4 is 12.4 Å². The molecule has 0 bridgehead atoms. The molecule has 1 heterocycles. The minimum Gasteiger partial charge on any atom is -0.314 e. The maximum Gasteiger partial charge on any atom is 0.0190 e. The first-order valence-corrected chi connectivity index (χ1v) is 3.37. The second-order valence-electron chi connectivity index (χ2n) is 2.26. The molecule has 2 nitrogen and oxygen atoms in total. The molecule has 9 heavy (non-hydrogen) atoms. The molecule has 0 amide bonds. The van der Waals surface area contributed by atoms with Crippen LogP contribution in [0.1, 0.15) is 13.3 Å². The molecule has 1 atom stereocenters. The van der Waals surface area contributed by atoms with Crippen molar-refractivity contribution in [1.29, 1.82) is 0 Å². The average Bonchev–Trinajstić information content (AvgIpc) is 1.90. The molecule has 0 saturated carbocycles. The molecular formula is C6H15ClN2. The fourth-order valence-corrected chi connectivity index (χ4v) is 1.00. The van der Waals surface area contributed by atoms with Crippen LogP contribution in [0.15, 0.2) is 0 Å². The number of hydrogen-bond acceptors (Lipinski definition) is 2. The van der Waals surface area contributed by atoms with Gasteiger partial charge in [-0.1, -0.05) is 6.92 Å². The summed E-state index contributed by atoms with van der Waals surface area (Å²) in [4.78, 5) is 0. The first-order valence-electron chi connectivity index (χ1n) is 3.37. The van der Waals surface area contributed by atoms with Crippen LogP contribution in [-0.4, -0.2) is 25.7 Å². The van der Waals surface area contributed by atoms with E-state index in [1.807, 2.05) is 0 Å². The first kappa shape index (κ1) is 9.21. The van der Waals surface area contributed by atoms with Crippen molar-refractivity contribution in [2.24, 2.45) is 0 Å². The number of nitrogens with one attached hydrogen (secondary N) is 2. The number of halogens is 1. The third-order valence-corrected chi connectivity index (χ3v) is 1.62. The minimum atomic E-state index is 0. The minimum absolute atomic E-state index is 0. The Kier molecular flexibility index (Phi) is 5.15. The third-order valence-electron chi connectivity index (χ3n) is 1.62. The smallest absolute Gasteiger partial charge is 0.0190 e. The van der Waals surface area contributed by atoms with Crippen LogP contribution in [0.25, 0.3) is 0 Å². The maximum absolute atomic E-state index is 3.41. The normalized spacial score (nSPS) is 27.0. The van der Waals surface area contributed by atoms with Gasteiger partial charge in [-0.25, -0.2) is 0 Å². The van der Waals surface area contributed by atoms with Crippen LogP contribution < -0.4 is 10.6 Å². The van der Waals surface area contributed by atoms with Crippen molar-refractivity contribution in [1.82, 2.24) is 10.6 Å². The van der Waals surface area contributed by atoms with Crippen molar-refractivity contribution in [3.63, 3.8) is 0 Å². The van der Waals surface area contributed by atoms with E-state index in [0.717, 1.165) is 25.7 Å². The second-order valence-corrected chi connectivity index (χ2v) is 2.26. The van der Waals surface area contributed by atoms with Gasteiger partial charge >= 0.3 is 0 Å². The lowest BCUT2D eigenvalue weighted by Crippen LogP contribution is -2.47. The standard InChI is InChI=1S/C6H14N2.ClH/c1-2-6-5-7-3-4-8-6;/h6-8H,2-5H2,1H3;1H/t6-;/m0./s1. The number of hydrogen-bond donors (Lipinski definition) is 2. The summed E-state index contributed by atoms with van der Waals surface area (Å²) < 4.78 is 0. The summed E-state index contributed by atoms with van der Waals surface area (Å²) in [6, 6.07) is 0.726. The summed E-state index contributed by atoms with van der Waals surface area (Å²) in [6.07, 6.45) is 1.24. The summed E-state index contributed by atoms with van der Waals surface area (Å²) in [5.41, 5.74) is 0. The van der Waals surface area contributed by atoms with E-state index in [1.165, 1.54) is 6.42 Å².